The van der Waals surface area contributed by atoms with Gasteiger partial charge in [-0.3, -0.25) is 0 Å². The fourth-order valence-corrected chi connectivity index (χ4v) is 1.81. The predicted octanol–water partition coefficient (Wildman–Crippen LogP) is 5.20. The summed E-state index contributed by atoms with van der Waals surface area (Å²) in [4.78, 5) is 0.247. The van der Waals surface area contributed by atoms with Gasteiger partial charge in [-0.15, -0.1) is 0 Å². The predicted molar refractivity (Wildman–Crippen MR) is 67.3 cm³/mol. The van der Waals surface area contributed by atoms with Crippen LogP contribution in [0.2, 0.25) is 0 Å². The molecule has 1 aromatic carbocycles. The fraction of sp³-hybridized carbons (Fsp3) is 0.538. The van der Waals surface area contributed by atoms with Crippen molar-refractivity contribution in [3.05, 3.63) is 35.1 Å². The summed E-state index contributed by atoms with van der Waals surface area (Å²) < 4.78 is 50.6. The van der Waals surface area contributed by atoms with Crippen molar-refractivity contribution >= 4 is 15.9 Å². The number of alkyl halides is 4. The van der Waals surface area contributed by atoms with Crippen LogP contribution in [0.25, 0.3) is 0 Å². The third-order valence-electron chi connectivity index (χ3n) is 2.77. The molecule has 0 spiro atoms. The molecule has 0 saturated carbocycles. The van der Waals surface area contributed by atoms with Crippen LogP contribution in [0.1, 0.15) is 31.4 Å². The lowest BCUT2D eigenvalue weighted by Crippen LogP contribution is -2.11. The van der Waals surface area contributed by atoms with E-state index >= 15 is 0 Å². The van der Waals surface area contributed by atoms with Crippen LogP contribution in [-0.2, 0) is 12.6 Å². The molecule has 0 aliphatic rings. The van der Waals surface area contributed by atoms with Crippen molar-refractivity contribution < 1.29 is 17.6 Å². The highest BCUT2D eigenvalue weighted by Gasteiger charge is 2.34. The Labute approximate surface area is 113 Å². The smallest absolute Gasteiger partial charge is 0.206 e. The van der Waals surface area contributed by atoms with E-state index in [4.69, 9.17) is 0 Å². The standard InChI is InChI=1S/C13H15BrF4/c1-8(2)11(14)5-3-9-4-6-12(15)10(7-9)13(16,17)18/h4,6-8,11H,3,5H2,1-2H3. The summed E-state index contributed by atoms with van der Waals surface area (Å²) in [7, 11) is 0. The van der Waals surface area contributed by atoms with Crippen LogP contribution >= 0.6 is 15.9 Å². The van der Waals surface area contributed by atoms with Gasteiger partial charge in [0.15, 0.2) is 0 Å². The summed E-state index contributed by atoms with van der Waals surface area (Å²) in [5, 5.41) is 0. The Kier molecular flexibility index (Phi) is 5.20. The summed E-state index contributed by atoms with van der Waals surface area (Å²) in [6.07, 6.45) is -3.41. The molecular weight excluding hydrogens is 312 g/mol. The molecule has 18 heavy (non-hydrogen) atoms. The normalized spacial score (nSPS) is 14.0. The zero-order chi connectivity index (χ0) is 13.9. The maximum absolute atomic E-state index is 13.1. The van der Waals surface area contributed by atoms with Gasteiger partial charge < -0.3 is 0 Å². The first-order valence-corrected chi connectivity index (χ1v) is 6.63. The molecule has 1 atom stereocenters. The molecule has 1 aromatic rings. The van der Waals surface area contributed by atoms with Crippen molar-refractivity contribution in [3.63, 3.8) is 0 Å². The summed E-state index contributed by atoms with van der Waals surface area (Å²) in [6, 6.07) is 3.19. The van der Waals surface area contributed by atoms with Gasteiger partial charge in [0.1, 0.15) is 5.82 Å². The lowest BCUT2D eigenvalue weighted by atomic mass is 10.0. The van der Waals surface area contributed by atoms with E-state index in [1.165, 1.54) is 6.07 Å². The molecule has 0 bridgehead atoms. The number of aryl methyl sites for hydroxylation is 1. The molecule has 0 fully saturated rings. The third-order valence-corrected chi connectivity index (χ3v) is 4.28. The molecule has 1 rings (SSSR count). The Hall–Kier alpha value is -0.580. The Morgan fingerprint density at radius 3 is 2.33 bits per heavy atom. The molecule has 102 valence electrons. The molecular formula is C13H15BrF4. The van der Waals surface area contributed by atoms with Crippen LogP contribution in [0.5, 0.6) is 0 Å². The van der Waals surface area contributed by atoms with Gasteiger partial charge in [-0.1, -0.05) is 35.8 Å². The topological polar surface area (TPSA) is 0 Å². The van der Waals surface area contributed by atoms with Gasteiger partial charge in [-0.2, -0.15) is 13.2 Å². The van der Waals surface area contributed by atoms with Gasteiger partial charge in [0, 0.05) is 4.83 Å². The van der Waals surface area contributed by atoms with Gasteiger partial charge in [0.25, 0.3) is 0 Å². The molecule has 0 radical (unpaired) electrons. The SMILES string of the molecule is CC(C)C(Br)CCc1ccc(F)c(C(F)(F)F)c1. The summed E-state index contributed by atoms with van der Waals surface area (Å²) in [5.41, 5.74) is -0.676. The van der Waals surface area contributed by atoms with Crippen molar-refractivity contribution in [1.29, 1.82) is 0 Å². The van der Waals surface area contributed by atoms with Crippen molar-refractivity contribution in [3.8, 4) is 0 Å². The number of halogens is 5. The summed E-state index contributed by atoms with van der Waals surface area (Å²) in [5.74, 6) is -0.807. The van der Waals surface area contributed by atoms with Crippen LogP contribution < -0.4 is 0 Å². The molecule has 0 N–H and O–H groups in total. The molecule has 0 aliphatic heterocycles. The second-order valence-corrected chi connectivity index (χ2v) is 5.79. The summed E-state index contributed by atoms with van der Waals surface area (Å²) >= 11 is 3.48. The first kappa shape index (κ1) is 15.5. The van der Waals surface area contributed by atoms with Crippen LogP contribution in [0.4, 0.5) is 17.6 Å². The molecule has 1 unspecified atom stereocenters. The first-order chi connectivity index (χ1) is 8.21. The van der Waals surface area contributed by atoms with Crippen LogP contribution in [0.15, 0.2) is 18.2 Å². The van der Waals surface area contributed by atoms with Crippen LogP contribution in [0.3, 0.4) is 0 Å². The van der Waals surface area contributed by atoms with Gasteiger partial charge >= 0.3 is 6.18 Å². The van der Waals surface area contributed by atoms with Crippen molar-refractivity contribution in [2.45, 2.75) is 37.7 Å². The van der Waals surface area contributed by atoms with E-state index in [9.17, 15) is 17.6 Å². The number of benzene rings is 1. The van der Waals surface area contributed by atoms with E-state index in [0.717, 1.165) is 18.6 Å². The third kappa shape index (κ3) is 4.26. The van der Waals surface area contributed by atoms with Gasteiger partial charge in [-0.25, -0.2) is 4.39 Å². The molecule has 0 aromatic heterocycles. The second kappa shape index (κ2) is 6.04. The van der Waals surface area contributed by atoms with Crippen molar-refractivity contribution in [1.82, 2.24) is 0 Å². The van der Waals surface area contributed by atoms with E-state index < -0.39 is 17.6 Å². The highest BCUT2D eigenvalue weighted by molar-refractivity contribution is 9.09. The number of hydrogen-bond donors (Lipinski definition) is 0. The molecule has 5 heteroatoms. The maximum atomic E-state index is 13.1. The zero-order valence-corrected chi connectivity index (χ0v) is 11.8. The van der Waals surface area contributed by atoms with Gasteiger partial charge in [0.05, 0.1) is 5.56 Å². The Balaban J connectivity index is 2.80. The number of rotatable bonds is 4. The number of hydrogen-bond acceptors (Lipinski definition) is 0. The highest BCUT2D eigenvalue weighted by Crippen LogP contribution is 2.32. The minimum absolute atomic E-state index is 0.247. The van der Waals surface area contributed by atoms with E-state index in [-0.39, 0.29) is 4.83 Å². The first-order valence-electron chi connectivity index (χ1n) is 5.71. The minimum atomic E-state index is -4.63. The van der Waals surface area contributed by atoms with E-state index in [2.05, 4.69) is 15.9 Å². The van der Waals surface area contributed by atoms with E-state index in [0.29, 0.717) is 17.9 Å². The zero-order valence-electron chi connectivity index (χ0n) is 10.2. The lowest BCUT2D eigenvalue weighted by molar-refractivity contribution is -0.140. The largest absolute Gasteiger partial charge is 0.419 e. The lowest BCUT2D eigenvalue weighted by Gasteiger charge is -2.14. The average Bonchev–Trinajstić information content (AvgIpc) is 2.25. The van der Waals surface area contributed by atoms with Crippen LogP contribution in [-0.4, -0.2) is 4.83 Å². The highest BCUT2D eigenvalue weighted by atomic mass is 79.9. The minimum Gasteiger partial charge on any atom is -0.206 e. The average molecular weight is 327 g/mol. The van der Waals surface area contributed by atoms with E-state index in [1.54, 1.807) is 0 Å². The van der Waals surface area contributed by atoms with Crippen LogP contribution in [0, 0.1) is 11.7 Å². The van der Waals surface area contributed by atoms with Gasteiger partial charge in [-0.05, 0) is 36.5 Å². The quantitative estimate of drug-likeness (QED) is 0.527. The maximum Gasteiger partial charge on any atom is 0.419 e. The Morgan fingerprint density at radius 1 is 1.22 bits per heavy atom. The summed E-state index contributed by atoms with van der Waals surface area (Å²) in [6.45, 7) is 4.07. The fourth-order valence-electron chi connectivity index (χ4n) is 1.58. The van der Waals surface area contributed by atoms with E-state index in [1.807, 2.05) is 13.8 Å². The van der Waals surface area contributed by atoms with Gasteiger partial charge in [0.2, 0.25) is 0 Å². The monoisotopic (exact) mass is 326 g/mol. The Morgan fingerprint density at radius 2 is 1.83 bits per heavy atom. The molecule has 0 heterocycles. The second-order valence-electron chi connectivity index (χ2n) is 4.61. The molecule has 0 nitrogen and oxygen atoms in total. The van der Waals surface area contributed by atoms with Crippen molar-refractivity contribution in [2.75, 3.05) is 0 Å². The Bertz CT molecular complexity index is 398. The molecule has 0 amide bonds. The molecule has 0 saturated heterocycles. The molecule has 0 aliphatic carbocycles. The van der Waals surface area contributed by atoms with Crippen molar-refractivity contribution in [2.24, 2.45) is 5.92 Å².